The van der Waals surface area contributed by atoms with E-state index < -0.39 is 13.9 Å². The average Bonchev–Trinajstić information content (AvgIpc) is 4.00. The van der Waals surface area contributed by atoms with Crippen LogP contribution >= 0.6 is 0 Å². The first-order chi connectivity index (χ1) is 33.7. The molecule has 2 bridgehead atoms. The molecule has 6 aromatic rings. The second-order valence-corrected chi connectivity index (χ2v) is 26.8. The van der Waals surface area contributed by atoms with E-state index in [0.717, 1.165) is 89.7 Å². The predicted molar refractivity (Wildman–Crippen MR) is 278 cm³/mol. The number of amides is 1. The van der Waals surface area contributed by atoms with E-state index in [9.17, 15) is 4.79 Å². The lowest BCUT2D eigenvalue weighted by Crippen LogP contribution is -2.67. The molecule has 0 N–H and O–H groups in total. The summed E-state index contributed by atoms with van der Waals surface area (Å²) < 4.78 is 31.9. The molecule has 3 unspecified atom stereocenters. The van der Waals surface area contributed by atoms with Crippen molar-refractivity contribution in [2.45, 2.75) is 127 Å². The van der Waals surface area contributed by atoms with Crippen LogP contribution in [0, 0.1) is 0 Å². The maximum atomic E-state index is 13.6. The quantitative estimate of drug-likeness (QED) is 0.0864. The van der Waals surface area contributed by atoms with Crippen molar-refractivity contribution in [2.24, 2.45) is 0 Å². The van der Waals surface area contributed by atoms with Crippen LogP contribution in [0.25, 0.3) is 32.9 Å². The summed E-state index contributed by atoms with van der Waals surface area (Å²) in [7, 11) is -1.09. The Labute approximate surface area is 413 Å². The van der Waals surface area contributed by atoms with Gasteiger partial charge in [-0.05, 0) is 110 Å². The second kappa shape index (κ2) is 17.9. The van der Waals surface area contributed by atoms with Gasteiger partial charge in [-0.3, -0.25) is 14.8 Å². The molecule has 4 aliphatic heterocycles. The largest absolute Gasteiger partial charge is 0.468 e. The number of piperazine rings is 1. The highest BCUT2D eigenvalue weighted by atomic mass is 28.4. The van der Waals surface area contributed by atoms with Crippen molar-refractivity contribution >= 4 is 52.3 Å². The van der Waals surface area contributed by atoms with Crippen LogP contribution in [0.4, 0.5) is 10.6 Å². The Morgan fingerprint density at radius 1 is 0.843 bits per heavy atom. The number of methoxy groups -OCH3 is 1. The lowest BCUT2D eigenvalue weighted by Gasteiger charge is -2.44. The molecule has 5 aliphatic rings. The number of nitrogens with zero attached hydrogens (tertiary/aromatic N) is 6. The molecule has 4 fully saturated rings. The molecular weight excluding hydrogens is 893 g/mol. The third kappa shape index (κ3) is 8.01. The molecule has 366 valence electrons. The Morgan fingerprint density at radius 2 is 1.56 bits per heavy atom. The summed E-state index contributed by atoms with van der Waals surface area (Å²) in [5.74, 6) is 1.51. The van der Waals surface area contributed by atoms with Gasteiger partial charge in [0.15, 0.2) is 6.79 Å². The van der Waals surface area contributed by atoms with Gasteiger partial charge in [-0.15, -0.1) is 0 Å². The van der Waals surface area contributed by atoms with Crippen molar-refractivity contribution in [1.82, 2.24) is 24.8 Å². The fourth-order valence-corrected chi connectivity index (χ4v) is 17.6. The molecule has 13 heteroatoms. The molecular formula is C57H68N6O6Si. The van der Waals surface area contributed by atoms with Crippen molar-refractivity contribution in [1.29, 1.82) is 0 Å². The molecule has 11 rings (SSSR count). The van der Waals surface area contributed by atoms with Crippen LogP contribution in [0.15, 0.2) is 97.2 Å². The smallest absolute Gasteiger partial charge is 0.410 e. The summed E-state index contributed by atoms with van der Waals surface area (Å²) in [6, 6.07) is 33.2. The van der Waals surface area contributed by atoms with Crippen molar-refractivity contribution in [3.05, 3.63) is 108 Å². The maximum absolute atomic E-state index is 13.6. The number of hydrogen-bond donors (Lipinski definition) is 0. The van der Waals surface area contributed by atoms with Crippen LogP contribution in [0.3, 0.4) is 0 Å². The van der Waals surface area contributed by atoms with Crippen LogP contribution in [-0.4, -0.2) is 115 Å². The Balaban J connectivity index is 0.946. The van der Waals surface area contributed by atoms with Crippen LogP contribution in [0.5, 0.6) is 11.8 Å². The van der Waals surface area contributed by atoms with Gasteiger partial charge in [0.2, 0.25) is 0 Å². The Bertz CT molecular complexity index is 2870. The second-order valence-electron chi connectivity index (χ2n) is 22.5. The van der Waals surface area contributed by atoms with E-state index in [1.165, 1.54) is 21.3 Å². The van der Waals surface area contributed by atoms with Crippen molar-refractivity contribution in [3.63, 3.8) is 0 Å². The van der Waals surface area contributed by atoms with E-state index in [2.05, 4.69) is 128 Å². The van der Waals surface area contributed by atoms with E-state index in [1.807, 2.05) is 31.9 Å². The minimum atomic E-state index is -2.73. The van der Waals surface area contributed by atoms with Crippen molar-refractivity contribution < 1.29 is 28.2 Å². The summed E-state index contributed by atoms with van der Waals surface area (Å²) in [5, 5.41) is 5.66. The van der Waals surface area contributed by atoms with Crippen LogP contribution in [0.1, 0.15) is 104 Å². The molecule has 4 aromatic carbocycles. The Morgan fingerprint density at radius 3 is 2.23 bits per heavy atom. The van der Waals surface area contributed by atoms with E-state index in [4.69, 9.17) is 38.3 Å². The van der Waals surface area contributed by atoms with Gasteiger partial charge in [0.25, 0.3) is 8.32 Å². The molecule has 2 aromatic heterocycles. The van der Waals surface area contributed by atoms with Crippen LogP contribution < -0.4 is 24.7 Å². The molecule has 0 saturated carbocycles. The first-order valence-corrected chi connectivity index (χ1v) is 27.4. The predicted octanol–water partition coefficient (Wildman–Crippen LogP) is 9.83. The number of rotatable bonds is 12. The number of fused-ring (bicyclic) bond motifs is 7. The zero-order valence-electron chi connectivity index (χ0n) is 42.2. The van der Waals surface area contributed by atoms with Gasteiger partial charge < -0.3 is 28.3 Å². The normalized spacial score (nSPS) is 23.2. The van der Waals surface area contributed by atoms with Gasteiger partial charge in [-0.25, -0.2) is 4.79 Å². The molecule has 0 radical (unpaired) electrons. The van der Waals surface area contributed by atoms with E-state index in [1.54, 1.807) is 7.11 Å². The third-order valence-electron chi connectivity index (χ3n) is 16.0. The average molecular weight is 961 g/mol. The highest BCUT2D eigenvalue weighted by Crippen LogP contribution is 2.50. The standard InChI is InChI=1S/C57H68N6O6Si/c1-37-45-22-15-17-38-29-42(67-36-65-8)30-46(49(38)45)50-48(37)51-47(31-58-50)52(61-32-39-23-24-40(33-61)63(39)54(64)69-55(2,3)4)60-53(59-51)66-35-57-26-16-28-62(57)41(25-27-57)34-68-70(56(5,6)7,43-18-11-9-12-19-43)44-20-13-10-14-21-44/h9-15,17-22,29-31,37,39-41H,16,23-28,32-36H2,1-8H3/t37?,39?,40?,41-,57+/m0/s1. The maximum Gasteiger partial charge on any atom is 0.410 e. The molecule has 1 amide bonds. The van der Waals surface area contributed by atoms with Crippen LogP contribution in [0.2, 0.25) is 5.04 Å². The minimum Gasteiger partial charge on any atom is -0.468 e. The number of hydrogen-bond acceptors (Lipinski definition) is 11. The lowest BCUT2D eigenvalue weighted by molar-refractivity contribution is 0.0122. The number of ether oxygens (including phenoxy) is 4. The number of benzene rings is 4. The zero-order valence-corrected chi connectivity index (χ0v) is 43.2. The van der Waals surface area contributed by atoms with Gasteiger partial charge in [0, 0.05) is 49.5 Å². The Kier molecular flexibility index (Phi) is 12.0. The van der Waals surface area contributed by atoms with Crippen molar-refractivity contribution in [2.75, 3.05) is 51.7 Å². The first-order valence-electron chi connectivity index (χ1n) is 25.5. The summed E-state index contributed by atoms with van der Waals surface area (Å²) in [4.78, 5) is 36.7. The SMILES string of the molecule is COCOc1cc2c3c(cccc3c1)C(C)c1c-2ncc2c(N3CC4CCC(C3)N4C(=O)OC(C)(C)C)nc(OC[C@]34CCCN3[C@H](CO[Si](c3ccccc3)(c3ccccc3)C(C)(C)C)CC4)nc12. The number of carbonyl (C=O) groups excluding carboxylic acids is 1. The molecule has 5 atom stereocenters. The number of anilines is 1. The fraction of sp³-hybridized carbons (Fsp3) is 0.474. The molecule has 1 aliphatic carbocycles. The number of pyridine rings is 1. The third-order valence-corrected chi connectivity index (χ3v) is 21.0. The van der Waals surface area contributed by atoms with E-state index >= 15 is 0 Å². The first kappa shape index (κ1) is 46.8. The topological polar surface area (TPSA) is 112 Å². The van der Waals surface area contributed by atoms with E-state index in [0.29, 0.717) is 32.3 Å². The zero-order chi connectivity index (χ0) is 48.6. The van der Waals surface area contributed by atoms with Gasteiger partial charge in [-0.2, -0.15) is 9.97 Å². The molecule has 0 spiro atoms. The van der Waals surface area contributed by atoms with Gasteiger partial charge >= 0.3 is 12.1 Å². The summed E-state index contributed by atoms with van der Waals surface area (Å²) in [6.45, 7) is 18.7. The van der Waals surface area contributed by atoms with Crippen molar-refractivity contribution in [3.8, 4) is 23.0 Å². The molecule has 12 nitrogen and oxygen atoms in total. The van der Waals surface area contributed by atoms with Gasteiger partial charge in [0.1, 0.15) is 23.8 Å². The number of carbonyl (C=O) groups is 1. The number of aromatic nitrogens is 3. The van der Waals surface area contributed by atoms with Gasteiger partial charge in [-0.1, -0.05) is 107 Å². The summed E-state index contributed by atoms with van der Waals surface area (Å²) in [5.41, 5.74) is 4.27. The van der Waals surface area contributed by atoms with Gasteiger partial charge in [0.05, 0.1) is 40.8 Å². The highest BCUT2D eigenvalue weighted by molar-refractivity contribution is 6.99. The van der Waals surface area contributed by atoms with E-state index in [-0.39, 0.29) is 47.5 Å². The Hall–Kier alpha value is -5.60. The molecule has 4 saturated heterocycles. The monoisotopic (exact) mass is 960 g/mol. The highest BCUT2D eigenvalue weighted by Gasteiger charge is 2.54. The molecule has 6 heterocycles. The minimum absolute atomic E-state index is 0.00469. The summed E-state index contributed by atoms with van der Waals surface area (Å²) in [6.07, 6.45) is 7.73. The molecule has 70 heavy (non-hydrogen) atoms. The van der Waals surface area contributed by atoms with Crippen LogP contribution in [-0.2, 0) is 13.9 Å². The summed E-state index contributed by atoms with van der Waals surface area (Å²) >= 11 is 0. The lowest BCUT2D eigenvalue weighted by atomic mass is 9.79. The fourth-order valence-electron chi connectivity index (χ4n) is 13.0.